The molecule has 0 fully saturated rings. The summed E-state index contributed by atoms with van der Waals surface area (Å²) in [5, 5.41) is 11.6. The third-order valence-corrected chi connectivity index (χ3v) is 3.27. The van der Waals surface area contributed by atoms with E-state index in [1.165, 1.54) is 0 Å². The average molecular weight is 257 g/mol. The maximum Gasteiger partial charge on any atom is 0.215 e. The molecule has 7 heteroatoms. The smallest absolute Gasteiger partial charge is 0.215 e. The highest BCUT2D eigenvalue weighted by molar-refractivity contribution is 7.99. The second-order valence-corrected chi connectivity index (χ2v) is 4.67. The average Bonchev–Trinajstić information content (AvgIpc) is 2.74. The molecular weight excluding hydrogens is 238 g/mol. The van der Waals surface area contributed by atoms with Gasteiger partial charge in [0, 0.05) is 31.5 Å². The number of aliphatic imine (C=N–C) groups is 1. The minimum atomic E-state index is 0.397. The molecule has 0 saturated carbocycles. The molecule has 0 atom stereocenters. The van der Waals surface area contributed by atoms with Gasteiger partial charge in [-0.15, -0.1) is 0 Å². The summed E-state index contributed by atoms with van der Waals surface area (Å²) in [6.07, 6.45) is 2.71. The molecular formula is C10H19N5OS. The predicted molar refractivity (Wildman–Crippen MR) is 70.6 cm³/mol. The number of aromatic nitrogens is 2. The van der Waals surface area contributed by atoms with Gasteiger partial charge in [0.1, 0.15) is 0 Å². The maximum absolute atomic E-state index is 8.62. The Labute approximate surface area is 105 Å². The van der Waals surface area contributed by atoms with Gasteiger partial charge in [0.15, 0.2) is 0 Å². The van der Waals surface area contributed by atoms with Crippen molar-refractivity contribution in [1.82, 2.24) is 20.8 Å². The lowest BCUT2D eigenvalue weighted by atomic mass is 10.3. The molecule has 0 saturated heterocycles. The van der Waals surface area contributed by atoms with Gasteiger partial charge < -0.3 is 10.3 Å². The third kappa shape index (κ3) is 5.10. The highest BCUT2D eigenvalue weighted by Gasteiger charge is 2.00. The Morgan fingerprint density at radius 3 is 3.00 bits per heavy atom. The number of rotatable bonds is 6. The number of aromatic amines is 1. The number of H-pyrrole nitrogens is 1. The first-order valence-corrected chi connectivity index (χ1v) is 6.60. The van der Waals surface area contributed by atoms with Crippen molar-refractivity contribution in [2.45, 2.75) is 13.3 Å². The standard InChI is InChI=1S/C10H19N5OS/c1-8-9(14-7-13-8)3-5-17-6-4-12-10(11-2)15-16/h7,16H,3-6H2,1-2H3,(H,13,14)(H2,11,12,15). The van der Waals surface area contributed by atoms with Crippen LogP contribution in [0.5, 0.6) is 0 Å². The Morgan fingerprint density at radius 2 is 2.41 bits per heavy atom. The molecule has 1 heterocycles. The fourth-order valence-electron chi connectivity index (χ4n) is 1.32. The van der Waals surface area contributed by atoms with Crippen LogP contribution in [0.2, 0.25) is 0 Å². The molecule has 0 aliphatic rings. The summed E-state index contributed by atoms with van der Waals surface area (Å²) < 4.78 is 0. The van der Waals surface area contributed by atoms with E-state index in [1.807, 2.05) is 24.2 Å². The highest BCUT2D eigenvalue weighted by atomic mass is 32.2. The third-order valence-electron chi connectivity index (χ3n) is 2.29. The molecule has 17 heavy (non-hydrogen) atoms. The Bertz CT molecular complexity index is 352. The minimum Gasteiger partial charge on any atom is -0.354 e. The van der Waals surface area contributed by atoms with Gasteiger partial charge in [-0.05, 0) is 12.7 Å². The van der Waals surface area contributed by atoms with E-state index >= 15 is 0 Å². The fourth-order valence-corrected chi connectivity index (χ4v) is 2.11. The van der Waals surface area contributed by atoms with Crippen molar-refractivity contribution in [3.05, 3.63) is 17.7 Å². The molecule has 1 aromatic rings. The summed E-state index contributed by atoms with van der Waals surface area (Å²) in [5.74, 6) is 2.40. The van der Waals surface area contributed by atoms with E-state index in [4.69, 9.17) is 5.21 Å². The van der Waals surface area contributed by atoms with Gasteiger partial charge in [0.2, 0.25) is 5.96 Å². The summed E-state index contributed by atoms with van der Waals surface area (Å²) in [7, 11) is 1.61. The number of aryl methyl sites for hydroxylation is 2. The monoisotopic (exact) mass is 257 g/mol. The number of nitrogens with one attached hydrogen (secondary N) is 3. The summed E-state index contributed by atoms with van der Waals surface area (Å²) in [5.41, 5.74) is 4.27. The molecule has 0 aromatic carbocycles. The van der Waals surface area contributed by atoms with Gasteiger partial charge in [-0.25, -0.2) is 10.5 Å². The van der Waals surface area contributed by atoms with Gasteiger partial charge in [-0.1, -0.05) is 0 Å². The van der Waals surface area contributed by atoms with Crippen molar-refractivity contribution in [3.63, 3.8) is 0 Å². The number of imidazole rings is 1. The van der Waals surface area contributed by atoms with E-state index in [-0.39, 0.29) is 0 Å². The van der Waals surface area contributed by atoms with Gasteiger partial charge in [0.05, 0.1) is 12.0 Å². The Balaban J connectivity index is 2.04. The lowest BCUT2D eigenvalue weighted by molar-refractivity contribution is 0.229. The van der Waals surface area contributed by atoms with Crippen LogP contribution in [0.25, 0.3) is 0 Å². The van der Waals surface area contributed by atoms with Gasteiger partial charge in [0.25, 0.3) is 0 Å². The molecule has 0 aliphatic heterocycles. The Morgan fingerprint density at radius 1 is 1.59 bits per heavy atom. The lowest BCUT2D eigenvalue weighted by Crippen LogP contribution is -2.36. The van der Waals surface area contributed by atoms with Crippen LogP contribution < -0.4 is 10.8 Å². The molecule has 96 valence electrons. The molecule has 4 N–H and O–H groups in total. The molecule has 0 unspecified atom stereocenters. The van der Waals surface area contributed by atoms with Crippen LogP contribution in [0.1, 0.15) is 11.4 Å². The van der Waals surface area contributed by atoms with Crippen LogP contribution in [0.3, 0.4) is 0 Å². The zero-order valence-electron chi connectivity index (χ0n) is 10.2. The zero-order valence-corrected chi connectivity index (χ0v) is 11.0. The minimum absolute atomic E-state index is 0.397. The SMILES string of the molecule is CN=C(NO)NCCSCCc1nc[nH]c1C. The fraction of sp³-hybridized carbons (Fsp3) is 0.600. The number of nitrogens with zero attached hydrogens (tertiary/aromatic N) is 2. The van der Waals surface area contributed by atoms with Crippen LogP contribution >= 0.6 is 11.8 Å². The second-order valence-electron chi connectivity index (χ2n) is 3.45. The van der Waals surface area contributed by atoms with E-state index < -0.39 is 0 Å². The van der Waals surface area contributed by atoms with Crippen LogP contribution in [-0.4, -0.2) is 46.2 Å². The molecule has 1 aromatic heterocycles. The normalized spacial score (nSPS) is 11.6. The van der Waals surface area contributed by atoms with Gasteiger partial charge >= 0.3 is 0 Å². The van der Waals surface area contributed by atoms with Crippen LogP contribution in [0.4, 0.5) is 0 Å². The van der Waals surface area contributed by atoms with Crippen LogP contribution in [0, 0.1) is 6.92 Å². The molecule has 0 spiro atoms. The van der Waals surface area contributed by atoms with Crippen LogP contribution in [0.15, 0.2) is 11.3 Å². The first-order chi connectivity index (χ1) is 8.27. The number of thioether (sulfide) groups is 1. The summed E-state index contributed by atoms with van der Waals surface area (Å²) >= 11 is 1.84. The zero-order chi connectivity index (χ0) is 12.5. The van der Waals surface area contributed by atoms with E-state index in [0.29, 0.717) is 5.96 Å². The quantitative estimate of drug-likeness (QED) is 0.259. The van der Waals surface area contributed by atoms with Crippen molar-refractivity contribution >= 4 is 17.7 Å². The van der Waals surface area contributed by atoms with Crippen LogP contribution in [-0.2, 0) is 6.42 Å². The number of hydrogen-bond acceptors (Lipinski definition) is 4. The van der Waals surface area contributed by atoms with Gasteiger partial charge in [-0.3, -0.25) is 10.2 Å². The first kappa shape index (κ1) is 13.9. The Hall–Kier alpha value is -1.21. The number of guanidine groups is 1. The molecule has 0 bridgehead atoms. The lowest BCUT2D eigenvalue weighted by Gasteiger charge is -2.06. The Kier molecular flexibility index (Phi) is 6.49. The van der Waals surface area contributed by atoms with Crippen molar-refractivity contribution in [1.29, 1.82) is 0 Å². The second kappa shape index (κ2) is 7.97. The highest BCUT2D eigenvalue weighted by Crippen LogP contribution is 2.06. The van der Waals surface area contributed by atoms with Crippen molar-refractivity contribution in [2.24, 2.45) is 4.99 Å². The molecule has 0 aliphatic carbocycles. The maximum atomic E-state index is 8.62. The van der Waals surface area contributed by atoms with E-state index in [9.17, 15) is 0 Å². The van der Waals surface area contributed by atoms with E-state index in [2.05, 4.69) is 20.3 Å². The van der Waals surface area contributed by atoms with Crippen molar-refractivity contribution < 1.29 is 5.21 Å². The molecule has 6 nitrogen and oxygen atoms in total. The first-order valence-electron chi connectivity index (χ1n) is 5.45. The van der Waals surface area contributed by atoms with Crippen molar-refractivity contribution in [3.8, 4) is 0 Å². The topological polar surface area (TPSA) is 85.3 Å². The van der Waals surface area contributed by atoms with Gasteiger partial charge in [-0.2, -0.15) is 11.8 Å². The summed E-state index contributed by atoms with van der Waals surface area (Å²) in [6, 6.07) is 0. The predicted octanol–water partition coefficient (Wildman–Crippen LogP) is 0.548. The van der Waals surface area contributed by atoms with Crippen molar-refractivity contribution in [2.75, 3.05) is 25.1 Å². The molecule has 0 amide bonds. The van der Waals surface area contributed by atoms with E-state index in [0.717, 1.165) is 35.9 Å². The molecule has 1 rings (SSSR count). The summed E-state index contributed by atoms with van der Waals surface area (Å²) in [4.78, 5) is 11.1. The largest absolute Gasteiger partial charge is 0.354 e. The van der Waals surface area contributed by atoms with E-state index in [1.54, 1.807) is 13.4 Å². The number of hydrogen-bond donors (Lipinski definition) is 4. The number of hydroxylamine groups is 1. The molecule has 0 radical (unpaired) electrons. The summed E-state index contributed by atoms with van der Waals surface area (Å²) in [6.45, 7) is 2.80.